The Morgan fingerprint density at radius 2 is 2.00 bits per heavy atom. The average molecular weight is 288 g/mol. The first kappa shape index (κ1) is 14.4. The van der Waals surface area contributed by atoms with Gasteiger partial charge in [0.2, 0.25) is 5.91 Å². The van der Waals surface area contributed by atoms with Gasteiger partial charge in [-0.2, -0.15) is 0 Å². The average Bonchev–Trinajstić information content (AvgIpc) is 2.89. The zero-order chi connectivity index (χ0) is 14.5. The van der Waals surface area contributed by atoms with E-state index in [9.17, 15) is 4.79 Å². The molecule has 0 radical (unpaired) electrons. The molecule has 1 heterocycles. The molecule has 1 fully saturated rings. The highest BCUT2D eigenvalue weighted by atomic mass is 16.5. The van der Waals surface area contributed by atoms with Crippen LogP contribution in [-0.2, 0) is 11.3 Å². The molecule has 0 unspecified atom stereocenters. The van der Waals surface area contributed by atoms with Crippen LogP contribution in [-0.4, -0.2) is 19.1 Å². The lowest BCUT2D eigenvalue weighted by molar-refractivity contribution is -0.120. The molecule has 21 heavy (non-hydrogen) atoms. The Balaban J connectivity index is 1.66. The molecule has 0 bridgehead atoms. The summed E-state index contributed by atoms with van der Waals surface area (Å²) >= 11 is 0. The van der Waals surface area contributed by atoms with Crippen LogP contribution in [0, 0.1) is 5.92 Å². The van der Waals surface area contributed by atoms with E-state index in [4.69, 9.17) is 4.74 Å². The van der Waals surface area contributed by atoms with Crippen LogP contribution in [0.5, 0.6) is 5.75 Å². The first-order valence-corrected chi connectivity index (χ1v) is 8.10. The largest absolute Gasteiger partial charge is 0.492 e. The lowest BCUT2D eigenvalue weighted by atomic mass is 9.99. The van der Waals surface area contributed by atoms with Crippen LogP contribution in [0.25, 0.3) is 0 Å². The van der Waals surface area contributed by atoms with Crippen LogP contribution < -0.4 is 15.4 Å². The molecule has 0 aromatic heterocycles. The number of benzene rings is 1. The normalized spacial score (nSPS) is 19.8. The van der Waals surface area contributed by atoms with Gasteiger partial charge in [0.05, 0.1) is 0 Å². The van der Waals surface area contributed by atoms with Gasteiger partial charge in [-0.25, -0.2) is 0 Å². The van der Waals surface area contributed by atoms with Crippen LogP contribution in [0.3, 0.4) is 0 Å². The van der Waals surface area contributed by atoms with Crippen LogP contribution in [0.4, 0.5) is 5.69 Å². The number of ether oxygens (including phenoxy) is 1. The Bertz CT molecular complexity index is 494. The number of rotatable bonds is 2. The van der Waals surface area contributed by atoms with Crippen LogP contribution >= 0.6 is 0 Å². The van der Waals surface area contributed by atoms with Gasteiger partial charge in [0.1, 0.15) is 12.4 Å². The quantitative estimate of drug-likeness (QED) is 0.822. The van der Waals surface area contributed by atoms with Crippen molar-refractivity contribution in [1.29, 1.82) is 0 Å². The molecule has 0 atom stereocenters. The van der Waals surface area contributed by atoms with Crippen molar-refractivity contribution in [3.8, 4) is 5.75 Å². The second kappa shape index (κ2) is 6.94. The standard InChI is InChI=1S/C17H24N2O2/c20-17(13-5-3-1-2-4-6-13)19-15-7-8-16-14(11-15)12-18-9-10-21-16/h7-8,11,13,18H,1-6,9-10,12H2,(H,19,20). The summed E-state index contributed by atoms with van der Waals surface area (Å²) in [5.41, 5.74) is 2.00. The Labute approximate surface area is 126 Å². The molecule has 3 rings (SSSR count). The summed E-state index contributed by atoms with van der Waals surface area (Å²) in [6.45, 7) is 2.35. The molecule has 1 aliphatic carbocycles. The lowest BCUT2D eigenvalue weighted by Crippen LogP contribution is -2.22. The maximum atomic E-state index is 12.4. The summed E-state index contributed by atoms with van der Waals surface area (Å²) in [6.07, 6.45) is 6.96. The van der Waals surface area contributed by atoms with E-state index in [1.54, 1.807) is 0 Å². The molecule has 0 spiro atoms. The van der Waals surface area contributed by atoms with Crippen LogP contribution in [0.1, 0.15) is 44.1 Å². The van der Waals surface area contributed by atoms with Crippen molar-refractivity contribution in [1.82, 2.24) is 5.32 Å². The zero-order valence-electron chi connectivity index (χ0n) is 12.5. The second-order valence-corrected chi connectivity index (χ2v) is 6.03. The van der Waals surface area contributed by atoms with Crippen molar-refractivity contribution < 1.29 is 9.53 Å². The molecule has 4 nitrogen and oxygen atoms in total. The molecule has 0 saturated heterocycles. The minimum atomic E-state index is 0.180. The van der Waals surface area contributed by atoms with Gasteiger partial charge in [0, 0.05) is 30.3 Å². The van der Waals surface area contributed by atoms with Gasteiger partial charge in [-0.15, -0.1) is 0 Å². The molecular formula is C17H24N2O2. The predicted molar refractivity (Wildman–Crippen MR) is 83.5 cm³/mol. The van der Waals surface area contributed by atoms with Crippen molar-refractivity contribution >= 4 is 11.6 Å². The van der Waals surface area contributed by atoms with Crippen molar-refractivity contribution in [2.75, 3.05) is 18.5 Å². The maximum Gasteiger partial charge on any atom is 0.227 e. The van der Waals surface area contributed by atoms with Gasteiger partial charge in [-0.3, -0.25) is 4.79 Å². The van der Waals surface area contributed by atoms with E-state index in [2.05, 4.69) is 10.6 Å². The number of carbonyl (C=O) groups is 1. The topological polar surface area (TPSA) is 50.4 Å². The van der Waals surface area contributed by atoms with E-state index in [-0.39, 0.29) is 11.8 Å². The predicted octanol–water partition coefficient (Wildman–Crippen LogP) is 3.08. The summed E-state index contributed by atoms with van der Waals surface area (Å²) in [7, 11) is 0. The minimum Gasteiger partial charge on any atom is -0.492 e. The third kappa shape index (κ3) is 3.76. The second-order valence-electron chi connectivity index (χ2n) is 6.03. The van der Waals surface area contributed by atoms with Gasteiger partial charge in [0.15, 0.2) is 0 Å². The van der Waals surface area contributed by atoms with Crippen LogP contribution in [0.2, 0.25) is 0 Å². The smallest absolute Gasteiger partial charge is 0.227 e. The van der Waals surface area contributed by atoms with Crippen molar-refractivity contribution in [3.05, 3.63) is 23.8 Å². The molecule has 1 aromatic carbocycles. The Morgan fingerprint density at radius 1 is 1.19 bits per heavy atom. The van der Waals surface area contributed by atoms with E-state index in [0.29, 0.717) is 6.61 Å². The van der Waals surface area contributed by atoms with Crippen molar-refractivity contribution in [2.45, 2.75) is 45.1 Å². The number of carbonyl (C=O) groups excluding carboxylic acids is 1. The third-order valence-corrected chi connectivity index (χ3v) is 4.41. The lowest BCUT2D eigenvalue weighted by Gasteiger charge is -2.15. The maximum absolute atomic E-state index is 12.4. The number of nitrogens with one attached hydrogen (secondary N) is 2. The summed E-state index contributed by atoms with van der Waals surface area (Å²) in [4.78, 5) is 12.4. The Morgan fingerprint density at radius 3 is 2.81 bits per heavy atom. The van der Waals surface area contributed by atoms with Gasteiger partial charge in [-0.05, 0) is 31.0 Å². The molecule has 4 heteroatoms. The molecule has 114 valence electrons. The molecular weight excluding hydrogens is 264 g/mol. The van der Waals surface area contributed by atoms with E-state index in [1.165, 1.54) is 25.7 Å². The highest BCUT2D eigenvalue weighted by Crippen LogP contribution is 2.27. The highest BCUT2D eigenvalue weighted by Gasteiger charge is 2.20. The monoisotopic (exact) mass is 288 g/mol. The van der Waals surface area contributed by atoms with E-state index in [0.717, 1.165) is 42.9 Å². The van der Waals surface area contributed by atoms with Crippen molar-refractivity contribution in [2.24, 2.45) is 5.92 Å². The number of fused-ring (bicyclic) bond motifs is 1. The number of hydrogen-bond acceptors (Lipinski definition) is 3. The van der Waals surface area contributed by atoms with Crippen LogP contribution in [0.15, 0.2) is 18.2 Å². The SMILES string of the molecule is O=C(Nc1ccc2c(c1)CNCCO2)C1CCCCCC1. The third-order valence-electron chi connectivity index (χ3n) is 4.41. The molecule has 2 aliphatic rings. The minimum absolute atomic E-state index is 0.180. The fourth-order valence-electron chi connectivity index (χ4n) is 3.18. The number of anilines is 1. The highest BCUT2D eigenvalue weighted by molar-refractivity contribution is 5.92. The molecule has 2 N–H and O–H groups in total. The van der Waals surface area contributed by atoms with E-state index in [1.807, 2.05) is 18.2 Å². The molecule has 1 saturated carbocycles. The number of amides is 1. The fourth-order valence-corrected chi connectivity index (χ4v) is 3.18. The fraction of sp³-hybridized carbons (Fsp3) is 0.588. The number of hydrogen-bond donors (Lipinski definition) is 2. The summed E-state index contributed by atoms with van der Waals surface area (Å²) in [5, 5.41) is 6.41. The van der Waals surface area contributed by atoms with Gasteiger partial charge < -0.3 is 15.4 Å². The first-order valence-electron chi connectivity index (χ1n) is 8.10. The van der Waals surface area contributed by atoms with E-state index >= 15 is 0 Å². The molecule has 1 amide bonds. The summed E-state index contributed by atoms with van der Waals surface area (Å²) < 4.78 is 5.67. The van der Waals surface area contributed by atoms with Gasteiger partial charge >= 0.3 is 0 Å². The van der Waals surface area contributed by atoms with E-state index < -0.39 is 0 Å². The Kier molecular flexibility index (Phi) is 4.76. The zero-order valence-corrected chi connectivity index (χ0v) is 12.5. The molecule has 1 aromatic rings. The van der Waals surface area contributed by atoms with Gasteiger partial charge in [-0.1, -0.05) is 25.7 Å². The summed E-state index contributed by atoms with van der Waals surface area (Å²) in [6, 6.07) is 5.94. The van der Waals surface area contributed by atoms with Gasteiger partial charge in [0.25, 0.3) is 0 Å². The summed E-state index contributed by atoms with van der Waals surface area (Å²) in [5.74, 6) is 1.28. The Hall–Kier alpha value is -1.55. The van der Waals surface area contributed by atoms with Crippen molar-refractivity contribution in [3.63, 3.8) is 0 Å². The molecule has 1 aliphatic heterocycles. The first-order chi connectivity index (χ1) is 10.3.